The number of carbonyl (C=O) groups is 1. The molecule has 1 fully saturated rings. The van der Waals surface area contributed by atoms with Gasteiger partial charge in [0.25, 0.3) is 0 Å². The van der Waals surface area contributed by atoms with E-state index in [1.54, 1.807) is 11.3 Å². The molecule has 1 aromatic heterocycles. The summed E-state index contributed by atoms with van der Waals surface area (Å²) in [7, 11) is 0. The van der Waals surface area contributed by atoms with E-state index in [4.69, 9.17) is 5.73 Å². The van der Waals surface area contributed by atoms with E-state index in [1.807, 2.05) is 0 Å². The summed E-state index contributed by atoms with van der Waals surface area (Å²) in [5, 5.41) is 3.09. The summed E-state index contributed by atoms with van der Waals surface area (Å²) < 4.78 is 0. The zero-order valence-electron chi connectivity index (χ0n) is 11.7. The Kier molecular flexibility index (Phi) is 4.99. The number of carbonyl (C=O) groups excluding carboxylic acids is 1. The van der Waals surface area contributed by atoms with Gasteiger partial charge in [-0.05, 0) is 31.4 Å². The Morgan fingerprint density at radius 2 is 2.00 bits per heavy atom. The highest BCUT2D eigenvalue weighted by atomic mass is 32.1. The minimum atomic E-state index is -0.302. The van der Waals surface area contributed by atoms with Crippen LogP contribution >= 0.6 is 11.3 Å². The van der Waals surface area contributed by atoms with Crippen molar-refractivity contribution in [1.82, 2.24) is 5.32 Å². The van der Waals surface area contributed by atoms with Crippen LogP contribution in [-0.4, -0.2) is 12.5 Å². The van der Waals surface area contributed by atoms with Crippen molar-refractivity contribution in [3.05, 3.63) is 21.9 Å². The third-order valence-electron chi connectivity index (χ3n) is 4.17. The maximum Gasteiger partial charge on any atom is 0.227 e. The SMILES string of the molecule is CCc1ccc(CNC(=O)C2(CN)CCCCC2)s1. The lowest BCUT2D eigenvalue weighted by molar-refractivity contribution is -0.132. The first kappa shape index (κ1) is 14.5. The summed E-state index contributed by atoms with van der Waals surface area (Å²) in [6, 6.07) is 4.26. The second kappa shape index (κ2) is 6.53. The van der Waals surface area contributed by atoms with Crippen LogP contribution in [0.4, 0.5) is 0 Å². The van der Waals surface area contributed by atoms with Crippen molar-refractivity contribution >= 4 is 17.2 Å². The summed E-state index contributed by atoms with van der Waals surface area (Å²) in [6.07, 6.45) is 6.44. The number of hydrogen-bond acceptors (Lipinski definition) is 3. The number of nitrogens with one attached hydrogen (secondary N) is 1. The number of aryl methyl sites for hydroxylation is 1. The lowest BCUT2D eigenvalue weighted by Crippen LogP contribution is -2.46. The van der Waals surface area contributed by atoms with E-state index in [0.29, 0.717) is 13.1 Å². The number of rotatable bonds is 5. The topological polar surface area (TPSA) is 55.1 Å². The van der Waals surface area contributed by atoms with Crippen LogP contribution < -0.4 is 11.1 Å². The molecule has 0 aromatic carbocycles. The molecule has 0 atom stereocenters. The fourth-order valence-electron chi connectivity index (χ4n) is 2.81. The lowest BCUT2D eigenvalue weighted by atomic mass is 9.73. The van der Waals surface area contributed by atoms with Crippen molar-refractivity contribution in [2.24, 2.45) is 11.1 Å². The molecule has 3 N–H and O–H groups in total. The van der Waals surface area contributed by atoms with Crippen LogP contribution in [0.2, 0.25) is 0 Å². The van der Waals surface area contributed by atoms with Gasteiger partial charge in [0.15, 0.2) is 0 Å². The standard InChI is InChI=1S/C15H24N2OS/c1-2-12-6-7-13(19-12)10-17-14(18)15(11-16)8-4-3-5-9-15/h6-7H,2-5,8-11,16H2,1H3,(H,17,18). The van der Waals surface area contributed by atoms with Gasteiger partial charge in [-0.2, -0.15) is 0 Å². The highest BCUT2D eigenvalue weighted by molar-refractivity contribution is 7.11. The van der Waals surface area contributed by atoms with E-state index < -0.39 is 0 Å². The van der Waals surface area contributed by atoms with Crippen molar-refractivity contribution in [3.63, 3.8) is 0 Å². The maximum absolute atomic E-state index is 12.4. The van der Waals surface area contributed by atoms with Crippen molar-refractivity contribution in [2.45, 2.75) is 52.0 Å². The van der Waals surface area contributed by atoms with E-state index in [-0.39, 0.29) is 11.3 Å². The Balaban J connectivity index is 1.92. The molecule has 3 nitrogen and oxygen atoms in total. The van der Waals surface area contributed by atoms with Crippen LogP contribution in [-0.2, 0) is 17.8 Å². The average molecular weight is 280 g/mol. The van der Waals surface area contributed by atoms with Crippen LogP contribution in [0.1, 0.15) is 48.8 Å². The molecule has 0 spiro atoms. The summed E-state index contributed by atoms with van der Waals surface area (Å²) in [5.41, 5.74) is 5.57. The minimum absolute atomic E-state index is 0.154. The fourth-order valence-corrected chi connectivity index (χ4v) is 3.71. The van der Waals surface area contributed by atoms with Crippen molar-refractivity contribution in [2.75, 3.05) is 6.54 Å². The number of amides is 1. The molecular formula is C15H24N2OS. The van der Waals surface area contributed by atoms with Crippen LogP contribution in [0.25, 0.3) is 0 Å². The molecule has 0 bridgehead atoms. The fraction of sp³-hybridized carbons (Fsp3) is 0.667. The van der Waals surface area contributed by atoms with Gasteiger partial charge in [0.1, 0.15) is 0 Å². The lowest BCUT2D eigenvalue weighted by Gasteiger charge is -2.34. The summed E-state index contributed by atoms with van der Waals surface area (Å²) in [6.45, 7) is 3.27. The van der Waals surface area contributed by atoms with Crippen LogP contribution in [0, 0.1) is 5.41 Å². The molecule has 19 heavy (non-hydrogen) atoms. The minimum Gasteiger partial charge on any atom is -0.351 e. The number of hydrogen-bond donors (Lipinski definition) is 2. The van der Waals surface area contributed by atoms with E-state index >= 15 is 0 Å². The summed E-state index contributed by atoms with van der Waals surface area (Å²) >= 11 is 1.78. The van der Waals surface area contributed by atoms with E-state index in [9.17, 15) is 4.79 Å². The van der Waals surface area contributed by atoms with Gasteiger partial charge < -0.3 is 11.1 Å². The highest BCUT2D eigenvalue weighted by Crippen LogP contribution is 2.35. The third kappa shape index (κ3) is 3.37. The molecule has 2 rings (SSSR count). The predicted octanol–water partition coefficient (Wildman–Crippen LogP) is 2.84. The predicted molar refractivity (Wildman–Crippen MR) is 80.1 cm³/mol. The van der Waals surface area contributed by atoms with E-state index in [0.717, 1.165) is 32.1 Å². The Morgan fingerprint density at radius 1 is 1.32 bits per heavy atom. The van der Waals surface area contributed by atoms with E-state index in [1.165, 1.54) is 16.2 Å². The quantitative estimate of drug-likeness (QED) is 0.871. The summed E-state index contributed by atoms with van der Waals surface area (Å²) in [5.74, 6) is 0.154. The Bertz CT molecular complexity index is 422. The molecule has 1 amide bonds. The molecular weight excluding hydrogens is 256 g/mol. The van der Waals surface area contributed by atoms with Crippen molar-refractivity contribution < 1.29 is 4.79 Å². The zero-order chi connectivity index (χ0) is 13.7. The van der Waals surface area contributed by atoms with Crippen molar-refractivity contribution in [1.29, 1.82) is 0 Å². The van der Waals surface area contributed by atoms with Gasteiger partial charge in [-0.25, -0.2) is 0 Å². The smallest absolute Gasteiger partial charge is 0.227 e. The maximum atomic E-state index is 12.4. The Morgan fingerprint density at radius 3 is 2.58 bits per heavy atom. The first-order valence-corrected chi connectivity index (χ1v) is 8.08. The second-order valence-corrected chi connectivity index (χ2v) is 6.70. The van der Waals surface area contributed by atoms with Gasteiger partial charge in [-0.15, -0.1) is 11.3 Å². The number of thiophene rings is 1. The molecule has 0 aliphatic heterocycles. The van der Waals surface area contributed by atoms with Gasteiger partial charge in [0, 0.05) is 16.3 Å². The van der Waals surface area contributed by atoms with Gasteiger partial charge in [0.05, 0.1) is 12.0 Å². The monoisotopic (exact) mass is 280 g/mol. The largest absolute Gasteiger partial charge is 0.351 e. The molecule has 0 radical (unpaired) electrons. The van der Waals surface area contributed by atoms with Gasteiger partial charge in [-0.3, -0.25) is 4.79 Å². The van der Waals surface area contributed by atoms with Gasteiger partial charge >= 0.3 is 0 Å². The number of nitrogens with two attached hydrogens (primary N) is 1. The molecule has 1 aliphatic carbocycles. The van der Waals surface area contributed by atoms with E-state index in [2.05, 4.69) is 24.4 Å². The van der Waals surface area contributed by atoms with Gasteiger partial charge in [0.2, 0.25) is 5.91 Å². The second-order valence-electron chi connectivity index (χ2n) is 5.45. The summed E-state index contributed by atoms with van der Waals surface area (Å²) in [4.78, 5) is 15.0. The molecule has 1 aromatic rings. The zero-order valence-corrected chi connectivity index (χ0v) is 12.5. The third-order valence-corrected chi connectivity index (χ3v) is 5.40. The van der Waals surface area contributed by atoms with Crippen LogP contribution in [0.5, 0.6) is 0 Å². The molecule has 1 saturated carbocycles. The first-order valence-electron chi connectivity index (χ1n) is 7.26. The van der Waals surface area contributed by atoms with Gasteiger partial charge in [-0.1, -0.05) is 26.2 Å². The Labute approximate surface area is 119 Å². The molecule has 4 heteroatoms. The Hall–Kier alpha value is -0.870. The van der Waals surface area contributed by atoms with Crippen LogP contribution in [0.15, 0.2) is 12.1 Å². The molecule has 1 heterocycles. The molecule has 106 valence electrons. The molecule has 0 unspecified atom stereocenters. The molecule has 0 saturated heterocycles. The van der Waals surface area contributed by atoms with Crippen molar-refractivity contribution in [3.8, 4) is 0 Å². The average Bonchev–Trinajstić information content (AvgIpc) is 2.93. The van der Waals surface area contributed by atoms with Crippen LogP contribution in [0.3, 0.4) is 0 Å². The first-order chi connectivity index (χ1) is 9.20. The highest BCUT2D eigenvalue weighted by Gasteiger charge is 2.37. The normalized spacial score (nSPS) is 18.2. The molecule has 1 aliphatic rings.